The number of hydrogen-bond acceptors (Lipinski definition) is 5. The third-order valence-corrected chi connectivity index (χ3v) is 3.91. The highest BCUT2D eigenvalue weighted by molar-refractivity contribution is 7.09. The Labute approximate surface area is 123 Å². The Morgan fingerprint density at radius 2 is 2.35 bits per heavy atom. The van der Waals surface area contributed by atoms with E-state index >= 15 is 0 Å². The highest BCUT2D eigenvalue weighted by Gasteiger charge is 2.28. The number of carbonyl (C=O) groups excluding carboxylic acids is 1. The van der Waals surface area contributed by atoms with Crippen LogP contribution < -0.4 is 10.6 Å². The minimum Gasteiger partial charge on any atom is -0.389 e. The average molecular weight is 298 g/mol. The molecule has 1 aromatic heterocycles. The molecule has 0 radical (unpaired) electrons. The van der Waals surface area contributed by atoms with Crippen LogP contribution in [0.1, 0.15) is 17.7 Å². The topological polar surface area (TPSA) is 70.6 Å². The van der Waals surface area contributed by atoms with Crippen LogP contribution in [0.5, 0.6) is 0 Å². The van der Waals surface area contributed by atoms with Crippen LogP contribution in [0.15, 0.2) is 17.5 Å². The van der Waals surface area contributed by atoms with E-state index in [0.29, 0.717) is 32.8 Å². The van der Waals surface area contributed by atoms with Gasteiger partial charge in [-0.15, -0.1) is 11.3 Å². The largest absolute Gasteiger partial charge is 0.389 e. The summed E-state index contributed by atoms with van der Waals surface area (Å²) in [7, 11) is 0. The molecule has 1 aliphatic rings. The number of aliphatic hydroxyl groups is 1. The van der Waals surface area contributed by atoms with Gasteiger partial charge in [0.15, 0.2) is 0 Å². The summed E-state index contributed by atoms with van der Waals surface area (Å²) in [6.07, 6.45) is 1.54. The summed E-state index contributed by atoms with van der Waals surface area (Å²) in [5, 5.41) is 17.7. The third kappa shape index (κ3) is 6.00. The second kappa shape index (κ2) is 8.36. The monoisotopic (exact) mass is 298 g/mol. The highest BCUT2D eigenvalue weighted by atomic mass is 32.1. The Bertz CT molecular complexity index is 393. The Hall–Kier alpha value is -0.950. The van der Waals surface area contributed by atoms with Crippen molar-refractivity contribution < 1.29 is 14.6 Å². The molecule has 3 N–H and O–H groups in total. The molecule has 0 saturated heterocycles. The van der Waals surface area contributed by atoms with Crippen molar-refractivity contribution in [1.82, 2.24) is 10.6 Å². The van der Waals surface area contributed by atoms with Crippen LogP contribution in [-0.4, -0.2) is 43.4 Å². The lowest BCUT2D eigenvalue weighted by molar-refractivity contribution is -0.122. The SMILES string of the molecule is O=C(NCCNCC(O)COCc1cccs1)C1CC1. The second-order valence-electron chi connectivity index (χ2n) is 5.02. The average Bonchev–Trinajstić information content (AvgIpc) is 3.16. The van der Waals surface area contributed by atoms with Crippen molar-refractivity contribution in [2.75, 3.05) is 26.2 Å². The van der Waals surface area contributed by atoms with Crippen molar-refractivity contribution in [2.45, 2.75) is 25.6 Å². The molecule has 2 rings (SSSR count). The third-order valence-electron chi connectivity index (χ3n) is 3.06. The molecule has 0 aromatic carbocycles. The number of hydrogen-bond donors (Lipinski definition) is 3. The summed E-state index contributed by atoms with van der Waals surface area (Å²) in [6, 6.07) is 4.00. The van der Waals surface area contributed by atoms with Crippen LogP contribution in [0.2, 0.25) is 0 Å². The summed E-state index contributed by atoms with van der Waals surface area (Å²) in [5.74, 6) is 0.415. The molecule has 1 saturated carbocycles. The van der Waals surface area contributed by atoms with Gasteiger partial charge in [0, 0.05) is 30.4 Å². The lowest BCUT2D eigenvalue weighted by atomic mass is 10.3. The zero-order chi connectivity index (χ0) is 14.2. The molecule has 1 aliphatic carbocycles. The van der Waals surface area contributed by atoms with Gasteiger partial charge in [-0.2, -0.15) is 0 Å². The molecule has 0 aliphatic heterocycles. The van der Waals surface area contributed by atoms with E-state index < -0.39 is 6.10 Å². The minimum absolute atomic E-state index is 0.159. The maximum Gasteiger partial charge on any atom is 0.223 e. The van der Waals surface area contributed by atoms with E-state index in [0.717, 1.165) is 17.7 Å². The standard InChI is InChI=1S/C14H22N2O3S/c17-12(9-19-10-13-2-1-7-20-13)8-15-5-6-16-14(18)11-3-4-11/h1-2,7,11-12,15,17H,3-6,8-10H2,(H,16,18). The molecule has 1 amide bonds. The number of carbonyl (C=O) groups is 1. The molecular formula is C14H22N2O3S. The fraction of sp³-hybridized carbons (Fsp3) is 0.643. The van der Waals surface area contributed by atoms with E-state index in [1.807, 2.05) is 17.5 Å². The molecule has 112 valence electrons. The Balaban J connectivity index is 1.41. The number of aliphatic hydroxyl groups excluding tert-OH is 1. The summed E-state index contributed by atoms with van der Waals surface area (Å²) < 4.78 is 5.43. The Kier molecular flexibility index (Phi) is 6.46. The van der Waals surface area contributed by atoms with E-state index in [1.165, 1.54) is 0 Å². The van der Waals surface area contributed by atoms with Gasteiger partial charge in [0.1, 0.15) is 0 Å². The molecular weight excluding hydrogens is 276 g/mol. The summed E-state index contributed by atoms with van der Waals surface area (Å²) in [5.41, 5.74) is 0. The highest BCUT2D eigenvalue weighted by Crippen LogP contribution is 2.28. The fourth-order valence-corrected chi connectivity index (χ4v) is 2.42. The molecule has 5 nitrogen and oxygen atoms in total. The van der Waals surface area contributed by atoms with Crippen LogP contribution in [0.3, 0.4) is 0 Å². The Morgan fingerprint density at radius 3 is 3.05 bits per heavy atom. The van der Waals surface area contributed by atoms with Crippen molar-refractivity contribution in [2.24, 2.45) is 5.92 Å². The number of nitrogens with one attached hydrogen (secondary N) is 2. The number of rotatable bonds is 10. The maximum absolute atomic E-state index is 11.3. The van der Waals surface area contributed by atoms with Crippen LogP contribution >= 0.6 is 11.3 Å². The fourth-order valence-electron chi connectivity index (χ4n) is 1.78. The van der Waals surface area contributed by atoms with Gasteiger partial charge in [-0.1, -0.05) is 6.07 Å². The van der Waals surface area contributed by atoms with Crippen LogP contribution in [0.4, 0.5) is 0 Å². The first-order chi connectivity index (χ1) is 9.75. The van der Waals surface area contributed by atoms with E-state index in [2.05, 4.69) is 10.6 Å². The molecule has 0 bridgehead atoms. The predicted molar refractivity (Wildman–Crippen MR) is 78.6 cm³/mol. The molecule has 1 aromatic rings. The first kappa shape index (κ1) is 15.4. The smallest absolute Gasteiger partial charge is 0.223 e. The lowest BCUT2D eigenvalue weighted by Gasteiger charge is -2.12. The minimum atomic E-state index is -0.519. The zero-order valence-corrected chi connectivity index (χ0v) is 12.3. The van der Waals surface area contributed by atoms with Gasteiger partial charge >= 0.3 is 0 Å². The zero-order valence-electron chi connectivity index (χ0n) is 11.5. The van der Waals surface area contributed by atoms with Gasteiger partial charge in [-0.05, 0) is 24.3 Å². The molecule has 20 heavy (non-hydrogen) atoms. The lowest BCUT2D eigenvalue weighted by Crippen LogP contribution is -2.37. The van der Waals surface area contributed by atoms with E-state index in [9.17, 15) is 9.90 Å². The van der Waals surface area contributed by atoms with Crippen LogP contribution in [-0.2, 0) is 16.1 Å². The van der Waals surface area contributed by atoms with Crippen molar-refractivity contribution in [3.05, 3.63) is 22.4 Å². The molecule has 6 heteroatoms. The van der Waals surface area contributed by atoms with Crippen LogP contribution in [0.25, 0.3) is 0 Å². The number of amides is 1. The normalized spacial score (nSPS) is 16.1. The van der Waals surface area contributed by atoms with Gasteiger partial charge < -0.3 is 20.5 Å². The van der Waals surface area contributed by atoms with Crippen molar-refractivity contribution >= 4 is 17.2 Å². The van der Waals surface area contributed by atoms with E-state index in [-0.39, 0.29) is 11.8 Å². The van der Waals surface area contributed by atoms with Gasteiger partial charge in [-0.25, -0.2) is 0 Å². The Morgan fingerprint density at radius 1 is 1.50 bits per heavy atom. The van der Waals surface area contributed by atoms with Gasteiger partial charge in [0.2, 0.25) is 5.91 Å². The number of thiophene rings is 1. The molecule has 1 fully saturated rings. The summed E-state index contributed by atoms with van der Waals surface area (Å²) >= 11 is 1.65. The first-order valence-electron chi connectivity index (χ1n) is 7.02. The van der Waals surface area contributed by atoms with Crippen LogP contribution in [0, 0.1) is 5.92 Å². The van der Waals surface area contributed by atoms with E-state index in [4.69, 9.17) is 4.74 Å². The number of ether oxygens (including phenoxy) is 1. The van der Waals surface area contributed by atoms with Gasteiger partial charge in [0.05, 0.1) is 19.3 Å². The van der Waals surface area contributed by atoms with Gasteiger partial charge in [-0.3, -0.25) is 4.79 Å². The summed E-state index contributed by atoms with van der Waals surface area (Å²) in [6.45, 7) is 2.62. The van der Waals surface area contributed by atoms with Gasteiger partial charge in [0.25, 0.3) is 0 Å². The molecule has 1 heterocycles. The quantitative estimate of drug-likeness (QED) is 0.557. The first-order valence-corrected chi connectivity index (χ1v) is 7.90. The molecule has 1 unspecified atom stereocenters. The summed E-state index contributed by atoms with van der Waals surface area (Å²) in [4.78, 5) is 12.5. The molecule has 1 atom stereocenters. The second-order valence-corrected chi connectivity index (χ2v) is 6.05. The predicted octanol–water partition coefficient (Wildman–Crippen LogP) is 0.741. The molecule has 0 spiro atoms. The van der Waals surface area contributed by atoms with Crippen molar-refractivity contribution in [3.8, 4) is 0 Å². The van der Waals surface area contributed by atoms with Crippen molar-refractivity contribution in [3.63, 3.8) is 0 Å². The maximum atomic E-state index is 11.3. The van der Waals surface area contributed by atoms with E-state index in [1.54, 1.807) is 11.3 Å². The van der Waals surface area contributed by atoms with Crippen molar-refractivity contribution in [1.29, 1.82) is 0 Å².